The van der Waals surface area contributed by atoms with Gasteiger partial charge in [-0.1, -0.05) is 15.9 Å². The number of benzene rings is 1. The highest BCUT2D eigenvalue weighted by Crippen LogP contribution is 2.27. The van der Waals surface area contributed by atoms with E-state index in [2.05, 4.69) is 52.9 Å². The average molecular weight is 345 g/mol. The predicted octanol–water partition coefficient (Wildman–Crippen LogP) is 2.02. The summed E-state index contributed by atoms with van der Waals surface area (Å²) in [7, 11) is 0. The molecule has 0 saturated heterocycles. The molecule has 1 aromatic carbocycles. The number of nitrogens with two attached hydrogens (primary N) is 1. The van der Waals surface area contributed by atoms with Crippen molar-refractivity contribution >= 4 is 44.4 Å². The molecule has 0 unspecified atom stereocenters. The number of hydrogen-bond donors (Lipinski definition) is 4. The fraction of sp³-hybridized carbons (Fsp3) is 0. The second-order valence-corrected chi connectivity index (χ2v) is 5.01. The van der Waals surface area contributed by atoms with Crippen molar-refractivity contribution in [2.45, 2.75) is 0 Å². The van der Waals surface area contributed by atoms with Gasteiger partial charge < -0.3 is 5.32 Å². The van der Waals surface area contributed by atoms with Crippen molar-refractivity contribution in [2.75, 3.05) is 10.7 Å². The van der Waals surface area contributed by atoms with Crippen LogP contribution in [0.1, 0.15) is 5.56 Å². The second kappa shape index (κ2) is 5.35. The van der Waals surface area contributed by atoms with Crippen molar-refractivity contribution in [1.29, 1.82) is 5.26 Å². The zero-order valence-corrected chi connectivity index (χ0v) is 12.1. The average Bonchev–Trinajstić information content (AvgIpc) is 2.96. The van der Waals surface area contributed by atoms with Crippen molar-refractivity contribution in [2.24, 2.45) is 5.84 Å². The number of nitrogens with zero attached hydrogens (tertiary/aromatic N) is 4. The van der Waals surface area contributed by atoms with Crippen molar-refractivity contribution in [3.8, 4) is 6.07 Å². The lowest BCUT2D eigenvalue weighted by Gasteiger charge is -2.10. The van der Waals surface area contributed by atoms with Crippen molar-refractivity contribution in [3.05, 3.63) is 34.4 Å². The zero-order chi connectivity index (χ0) is 14.8. The number of nitriles is 1. The summed E-state index contributed by atoms with van der Waals surface area (Å²) in [6.45, 7) is 0. The summed E-state index contributed by atoms with van der Waals surface area (Å²) >= 11 is 3.38. The third-order valence-corrected chi connectivity index (χ3v) is 3.29. The number of hydrogen-bond acceptors (Lipinski definition) is 7. The monoisotopic (exact) mass is 344 g/mol. The quantitative estimate of drug-likeness (QED) is 0.422. The Balaban J connectivity index is 2.12. The maximum absolute atomic E-state index is 9.17. The molecule has 21 heavy (non-hydrogen) atoms. The standard InChI is InChI=1S/C12H9BrN8/c13-7-2-1-6(4-14)9(3-7)17-10-8-5-16-21-11(8)19-12(18-10)20-15/h1-3,5H,15H2,(H3,16,17,18,19,20,21). The smallest absolute Gasteiger partial charge is 0.241 e. The van der Waals surface area contributed by atoms with E-state index in [1.807, 2.05) is 0 Å². The molecule has 0 spiro atoms. The van der Waals surface area contributed by atoms with Gasteiger partial charge in [-0.3, -0.25) is 10.5 Å². The van der Waals surface area contributed by atoms with Gasteiger partial charge in [-0.25, -0.2) is 5.84 Å². The number of nitrogens with one attached hydrogen (secondary N) is 3. The number of H-pyrrole nitrogens is 1. The molecule has 9 heteroatoms. The Morgan fingerprint density at radius 3 is 2.95 bits per heavy atom. The molecule has 3 aromatic rings. The first-order valence-corrected chi connectivity index (χ1v) is 6.65. The molecular formula is C12H9BrN8. The summed E-state index contributed by atoms with van der Waals surface area (Å²) in [6, 6.07) is 7.42. The summed E-state index contributed by atoms with van der Waals surface area (Å²) < 4.78 is 0.846. The van der Waals surface area contributed by atoms with Gasteiger partial charge in [0.25, 0.3) is 0 Å². The molecule has 2 aromatic heterocycles. The molecule has 0 aliphatic heterocycles. The number of aromatic nitrogens is 4. The Morgan fingerprint density at radius 1 is 1.33 bits per heavy atom. The highest BCUT2D eigenvalue weighted by molar-refractivity contribution is 9.10. The molecule has 8 nitrogen and oxygen atoms in total. The van der Waals surface area contributed by atoms with Gasteiger partial charge in [-0.2, -0.15) is 20.3 Å². The van der Waals surface area contributed by atoms with Gasteiger partial charge in [0.05, 0.1) is 22.8 Å². The van der Waals surface area contributed by atoms with E-state index in [1.54, 1.807) is 24.4 Å². The molecule has 3 rings (SSSR count). The van der Waals surface area contributed by atoms with Crippen LogP contribution in [0.4, 0.5) is 17.5 Å². The van der Waals surface area contributed by atoms with Crippen LogP contribution in [0.3, 0.4) is 0 Å². The van der Waals surface area contributed by atoms with Gasteiger partial charge in [0.15, 0.2) is 5.65 Å². The van der Waals surface area contributed by atoms with Crippen LogP contribution in [-0.2, 0) is 0 Å². The molecule has 0 aliphatic rings. The van der Waals surface area contributed by atoms with Crippen LogP contribution in [0.15, 0.2) is 28.9 Å². The Hall–Kier alpha value is -2.70. The van der Waals surface area contributed by atoms with Crippen LogP contribution < -0.4 is 16.6 Å². The van der Waals surface area contributed by atoms with E-state index in [1.165, 1.54) is 0 Å². The van der Waals surface area contributed by atoms with Gasteiger partial charge in [0.2, 0.25) is 5.95 Å². The van der Waals surface area contributed by atoms with Gasteiger partial charge >= 0.3 is 0 Å². The number of rotatable bonds is 3. The number of aromatic amines is 1. The Kier molecular flexibility index (Phi) is 3.39. The number of anilines is 3. The van der Waals surface area contributed by atoms with E-state index in [9.17, 15) is 5.26 Å². The molecular weight excluding hydrogens is 336 g/mol. The minimum atomic E-state index is 0.239. The van der Waals surface area contributed by atoms with E-state index in [-0.39, 0.29) is 5.95 Å². The number of fused-ring (bicyclic) bond motifs is 1. The van der Waals surface area contributed by atoms with Gasteiger partial charge in [-0.15, -0.1) is 0 Å². The number of hydrazine groups is 1. The lowest BCUT2D eigenvalue weighted by molar-refractivity contribution is 1.08. The second-order valence-electron chi connectivity index (χ2n) is 4.10. The van der Waals surface area contributed by atoms with Crippen LogP contribution in [0.2, 0.25) is 0 Å². The predicted molar refractivity (Wildman–Crippen MR) is 81.6 cm³/mol. The normalized spacial score (nSPS) is 10.3. The number of halogens is 1. The van der Waals surface area contributed by atoms with Crippen LogP contribution in [0.5, 0.6) is 0 Å². The first kappa shape index (κ1) is 13.3. The van der Waals surface area contributed by atoms with E-state index in [0.29, 0.717) is 28.1 Å². The summed E-state index contributed by atoms with van der Waals surface area (Å²) in [5, 5.41) is 19.7. The summed E-state index contributed by atoms with van der Waals surface area (Å²) in [5.74, 6) is 6.09. The van der Waals surface area contributed by atoms with Crippen molar-refractivity contribution in [3.63, 3.8) is 0 Å². The molecule has 0 fully saturated rings. The van der Waals surface area contributed by atoms with E-state index in [4.69, 9.17) is 5.84 Å². The molecule has 0 atom stereocenters. The Morgan fingerprint density at radius 2 is 2.19 bits per heavy atom. The SMILES string of the molecule is N#Cc1ccc(Br)cc1Nc1nc(NN)nc2[nH]ncc12. The highest BCUT2D eigenvalue weighted by atomic mass is 79.9. The molecule has 5 N–H and O–H groups in total. The van der Waals surface area contributed by atoms with Crippen LogP contribution in [0, 0.1) is 11.3 Å². The fourth-order valence-electron chi connectivity index (χ4n) is 1.84. The third-order valence-electron chi connectivity index (χ3n) is 2.79. The molecule has 0 saturated carbocycles. The Labute approximate surface area is 127 Å². The third kappa shape index (κ3) is 2.49. The Bertz CT molecular complexity index is 850. The molecule has 104 valence electrons. The van der Waals surface area contributed by atoms with E-state index in [0.717, 1.165) is 4.47 Å². The summed E-state index contributed by atoms with van der Waals surface area (Å²) in [4.78, 5) is 8.39. The molecule has 0 bridgehead atoms. The molecule has 2 heterocycles. The van der Waals surface area contributed by atoms with Crippen LogP contribution in [0.25, 0.3) is 11.0 Å². The van der Waals surface area contributed by atoms with Gasteiger partial charge in [-0.05, 0) is 18.2 Å². The maximum Gasteiger partial charge on any atom is 0.241 e. The molecule has 0 radical (unpaired) electrons. The number of nitrogen functional groups attached to an aromatic ring is 1. The van der Waals surface area contributed by atoms with Crippen molar-refractivity contribution in [1.82, 2.24) is 20.2 Å². The lowest BCUT2D eigenvalue weighted by Crippen LogP contribution is -2.11. The molecule has 0 amide bonds. The summed E-state index contributed by atoms with van der Waals surface area (Å²) in [5.41, 5.74) is 4.04. The van der Waals surface area contributed by atoms with Crippen LogP contribution >= 0.6 is 15.9 Å². The maximum atomic E-state index is 9.17. The minimum Gasteiger partial charge on any atom is -0.338 e. The van der Waals surface area contributed by atoms with Crippen molar-refractivity contribution < 1.29 is 0 Å². The van der Waals surface area contributed by atoms with E-state index < -0.39 is 0 Å². The fourth-order valence-corrected chi connectivity index (χ4v) is 2.20. The summed E-state index contributed by atoms with van der Waals surface area (Å²) in [6.07, 6.45) is 1.60. The lowest BCUT2D eigenvalue weighted by atomic mass is 10.2. The highest BCUT2D eigenvalue weighted by Gasteiger charge is 2.11. The minimum absolute atomic E-state index is 0.239. The van der Waals surface area contributed by atoms with Crippen LogP contribution in [-0.4, -0.2) is 20.2 Å². The first-order chi connectivity index (χ1) is 10.2. The first-order valence-electron chi connectivity index (χ1n) is 5.85. The topological polar surface area (TPSA) is 128 Å². The van der Waals surface area contributed by atoms with Gasteiger partial charge in [0.1, 0.15) is 11.9 Å². The largest absolute Gasteiger partial charge is 0.338 e. The van der Waals surface area contributed by atoms with Gasteiger partial charge in [0, 0.05) is 4.47 Å². The molecule has 0 aliphatic carbocycles. The van der Waals surface area contributed by atoms with E-state index >= 15 is 0 Å². The zero-order valence-electron chi connectivity index (χ0n) is 10.6.